The Morgan fingerprint density at radius 3 is 2.65 bits per heavy atom. The second-order valence-electron chi connectivity index (χ2n) is 5.18. The summed E-state index contributed by atoms with van der Waals surface area (Å²) in [7, 11) is 0. The maximum Gasteiger partial charge on any atom is 0.350 e. The Morgan fingerprint density at radius 1 is 1.45 bits per heavy atom. The molecule has 0 saturated carbocycles. The Kier molecular flexibility index (Phi) is 4.80. The van der Waals surface area contributed by atoms with Crippen LogP contribution >= 0.6 is 0 Å². The number of nitrogens with zero attached hydrogens (tertiary/aromatic N) is 3. The average Bonchev–Trinajstić information content (AvgIpc) is 2.36. The molecular formula is C12H16N4O4. The van der Waals surface area contributed by atoms with Crippen molar-refractivity contribution in [1.82, 2.24) is 9.55 Å². The van der Waals surface area contributed by atoms with Crippen LogP contribution in [0, 0.1) is 26.9 Å². The molecule has 108 valence electrons. The molecule has 1 aromatic heterocycles. The summed E-state index contributed by atoms with van der Waals surface area (Å²) in [5.74, 6) is 0. The van der Waals surface area contributed by atoms with Crippen molar-refractivity contribution < 1.29 is 4.92 Å². The molecule has 1 rings (SSSR count). The molecule has 0 aliphatic rings. The van der Waals surface area contributed by atoms with Crippen LogP contribution in [0.25, 0.3) is 0 Å². The molecule has 0 fully saturated rings. The minimum atomic E-state index is -0.998. The van der Waals surface area contributed by atoms with Gasteiger partial charge in [-0.1, -0.05) is 6.42 Å². The number of aryl methyl sites for hydroxylation is 1. The molecule has 1 heterocycles. The van der Waals surface area contributed by atoms with E-state index in [0.717, 1.165) is 10.8 Å². The van der Waals surface area contributed by atoms with E-state index in [1.165, 1.54) is 0 Å². The fraction of sp³-hybridized carbons (Fsp3) is 0.583. The molecule has 0 aliphatic heterocycles. The maximum atomic E-state index is 11.5. The molecule has 0 saturated heterocycles. The van der Waals surface area contributed by atoms with Crippen LogP contribution in [0.2, 0.25) is 0 Å². The van der Waals surface area contributed by atoms with Gasteiger partial charge in [-0.05, 0) is 26.7 Å². The van der Waals surface area contributed by atoms with Gasteiger partial charge < -0.3 is 0 Å². The topological polar surface area (TPSA) is 122 Å². The molecule has 0 bridgehead atoms. The van der Waals surface area contributed by atoms with Crippen molar-refractivity contribution in [1.29, 1.82) is 5.26 Å². The highest BCUT2D eigenvalue weighted by Crippen LogP contribution is 2.21. The van der Waals surface area contributed by atoms with E-state index in [4.69, 9.17) is 5.26 Å². The maximum absolute atomic E-state index is 11.5. The molecule has 0 unspecified atom stereocenters. The van der Waals surface area contributed by atoms with E-state index < -0.39 is 27.3 Å². The van der Waals surface area contributed by atoms with Crippen molar-refractivity contribution in [2.45, 2.75) is 39.7 Å². The minimum Gasteiger partial charge on any atom is -0.294 e. The van der Waals surface area contributed by atoms with Gasteiger partial charge in [-0.15, -0.1) is 0 Å². The highest BCUT2D eigenvalue weighted by molar-refractivity contribution is 5.20. The normalized spacial score (nSPS) is 11.1. The third-order valence-electron chi connectivity index (χ3n) is 2.94. The standard InChI is InChI=1S/C12H16N4O4/c1-12(2,8-13)5-3-4-6-15-7-9(16(19)20)10(17)14-11(15)18/h7H,3-6H2,1-2H3,(H,14,17,18). The molecule has 0 aliphatic carbocycles. The lowest BCUT2D eigenvalue weighted by Crippen LogP contribution is -2.30. The second-order valence-corrected chi connectivity index (χ2v) is 5.18. The van der Waals surface area contributed by atoms with Crippen molar-refractivity contribution in [3.05, 3.63) is 37.1 Å². The summed E-state index contributed by atoms with van der Waals surface area (Å²) >= 11 is 0. The van der Waals surface area contributed by atoms with Crippen molar-refractivity contribution >= 4 is 5.69 Å². The number of unbranched alkanes of at least 4 members (excludes halogenated alkanes) is 1. The van der Waals surface area contributed by atoms with Crippen LogP contribution in [-0.2, 0) is 6.54 Å². The molecule has 0 spiro atoms. The minimum absolute atomic E-state index is 0.262. The van der Waals surface area contributed by atoms with Crippen LogP contribution in [0.3, 0.4) is 0 Å². The smallest absolute Gasteiger partial charge is 0.294 e. The summed E-state index contributed by atoms with van der Waals surface area (Å²) in [6.07, 6.45) is 2.93. The Labute approximate surface area is 114 Å². The van der Waals surface area contributed by atoms with Crippen molar-refractivity contribution in [3.8, 4) is 6.07 Å². The van der Waals surface area contributed by atoms with Crippen molar-refractivity contribution in [3.63, 3.8) is 0 Å². The predicted molar refractivity (Wildman–Crippen MR) is 71.2 cm³/mol. The molecule has 0 aromatic carbocycles. The SMILES string of the molecule is CC(C)(C#N)CCCCn1cc([N+](=O)[O-])c(=O)[nH]c1=O. The van der Waals surface area contributed by atoms with E-state index in [1.807, 2.05) is 18.8 Å². The van der Waals surface area contributed by atoms with Gasteiger partial charge in [0.2, 0.25) is 0 Å². The number of rotatable bonds is 6. The second kappa shape index (κ2) is 6.14. The molecule has 20 heavy (non-hydrogen) atoms. The van der Waals surface area contributed by atoms with E-state index in [1.54, 1.807) is 0 Å². The first-order valence-corrected chi connectivity index (χ1v) is 6.16. The van der Waals surface area contributed by atoms with Gasteiger partial charge >= 0.3 is 16.9 Å². The van der Waals surface area contributed by atoms with Gasteiger partial charge in [-0.25, -0.2) is 4.79 Å². The van der Waals surface area contributed by atoms with E-state index in [9.17, 15) is 19.7 Å². The zero-order chi connectivity index (χ0) is 15.3. The number of nitro groups is 1. The first-order chi connectivity index (χ1) is 9.26. The lowest BCUT2D eigenvalue weighted by molar-refractivity contribution is -0.386. The number of nitriles is 1. The molecule has 1 aromatic rings. The highest BCUT2D eigenvalue weighted by atomic mass is 16.6. The van der Waals surface area contributed by atoms with Gasteiger partial charge in [-0.3, -0.25) is 24.5 Å². The Morgan fingerprint density at radius 2 is 2.10 bits per heavy atom. The van der Waals surface area contributed by atoms with Gasteiger partial charge in [0.1, 0.15) is 0 Å². The van der Waals surface area contributed by atoms with Crippen LogP contribution in [0.15, 0.2) is 15.8 Å². The quantitative estimate of drug-likeness (QED) is 0.476. The van der Waals surface area contributed by atoms with E-state index in [2.05, 4.69) is 6.07 Å². The molecule has 8 nitrogen and oxygen atoms in total. The van der Waals surface area contributed by atoms with Crippen LogP contribution in [0.5, 0.6) is 0 Å². The number of H-pyrrole nitrogens is 1. The molecule has 1 N–H and O–H groups in total. The van der Waals surface area contributed by atoms with Crippen LogP contribution < -0.4 is 11.2 Å². The molecular weight excluding hydrogens is 264 g/mol. The van der Waals surface area contributed by atoms with Gasteiger partial charge in [0.05, 0.1) is 22.6 Å². The van der Waals surface area contributed by atoms with Crippen LogP contribution in [-0.4, -0.2) is 14.5 Å². The fourth-order valence-corrected chi connectivity index (χ4v) is 1.70. The molecule has 0 atom stereocenters. The monoisotopic (exact) mass is 280 g/mol. The van der Waals surface area contributed by atoms with Gasteiger partial charge in [0.25, 0.3) is 0 Å². The Balaban J connectivity index is 2.73. The van der Waals surface area contributed by atoms with E-state index in [0.29, 0.717) is 19.3 Å². The number of aromatic amines is 1. The number of nitrogens with one attached hydrogen (secondary N) is 1. The summed E-state index contributed by atoms with van der Waals surface area (Å²) in [4.78, 5) is 34.4. The summed E-state index contributed by atoms with van der Waals surface area (Å²) in [5.41, 5.74) is -2.74. The summed E-state index contributed by atoms with van der Waals surface area (Å²) in [5, 5.41) is 19.5. The van der Waals surface area contributed by atoms with Crippen molar-refractivity contribution in [2.75, 3.05) is 0 Å². The van der Waals surface area contributed by atoms with Gasteiger partial charge in [-0.2, -0.15) is 5.26 Å². The lowest BCUT2D eigenvalue weighted by atomic mass is 9.89. The average molecular weight is 280 g/mol. The number of hydrogen-bond donors (Lipinski definition) is 1. The molecule has 8 heteroatoms. The lowest BCUT2D eigenvalue weighted by Gasteiger charge is -2.14. The summed E-state index contributed by atoms with van der Waals surface area (Å²) in [6, 6.07) is 2.18. The Hall–Kier alpha value is -2.43. The number of aromatic nitrogens is 2. The highest BCUT2D eigenvalue weighted by Gasteiger charge is 2.17. The van der Waals surface area contributed by atoms with Crippen LogP contribution in [0.4, 0.5) is 5.69 Å². The number of hydrogen-bond acceptors (Lipinski definition) is 5. The molecule has 0 radical (unpaired) electrons. The zero-order valence-electron chi connectivity index (χ0n) is 11.4. The third kappa shape index (κ3) is 4.05. The third-order valence-corrected chi connectivity index (χ3v) is 2.94. The van der Waals surface area contributed by atoms with E-state index >= 15 is 0 Å². The zero-order valence-corrected chi connectivity index (χ0v) is 11.4. The Bertz CT molecular complexity index is 651. The van der Waals surface area contributed by atoms with Gasteiger partial charge in [0, 0.05) is 6.54 Å². The largest absolute Gasteiger partial charge is 0.350 e. The van der Waals surface area contributed by atoms with Gasteiger partial charge in [0.15, 0.2) is 0 Å². The first kappa shape index (κ1) is 15.6. The fourth-order valence-electron chi connectivity index (χ4n) is 1.70. The van der Waals surface area contributed by atoms with Crippen LogP contribution in [0.1, 0.15) is 33.1 Å². The van der Waals surface area contributed by atoms with E-state index in [-0.39, 0.29) is 6.54 Å². The predicted octanol–water partition coefficient (Wildman–Crippen LogP) is 1.16. The van der Waals surface area contributed by atoms with Crippen molar-refractivity contribution in [2.24, 2.45) is 5.41 Å². The summed E-state index contributed by atoms with van der Waals surface area (Å²) in [6.45, 7) is 3.91. The molecule has 0 amide bonds. The first-order valence-electron chi connectivity index (χ1n) is 6.16. The summed E-state index contributed by atoms with van der Waals surface area (Å²) < 4.78 is 1.11.